The molecule has 0 aliphatic rings. The highest BCUT2D eigenvalue weighted by Crippen LogP contribution is 2.44. The molecule has 0 amide bonds. The Hall–Kier alpha value is -2.45. The number of nitrogen functional groups attached to an aromatic ring is 1. The average molecular weight is 634 g/mol. The second kappa shape index (κ2) is 17.7. The molecule has 0 fully saturated rings. The van der Waals surface area contributed by atoms with Crippen molar-refractivity contribution < 1.29 is 23.5 Å². The molecule has 43 heavy (non-hydrogen) atoms. The maximum Gasteiger partial charge on any atom is 0.353 e. The van der Waals surface area contributed by atoms with E-state index in [0.29, 0.717) is 43.2 Å². The second-order valence-electron chi connectivity index (χ2n) is 11.4. The van der Waals surface area contributed by atoms with Gasteiger partial charge in [-0.2, -0.15) is 0 Å². The van der Waals surface area contributed by atoms with Gasteiger partial charge in [-0.15, -0.1) is 0 Å². The summed E-state index contributed by atoms with van der Waals surface area (Å²) in [6.07, 6.45) is 17.5. The molecule has 3 rings (SSSR count). The molecule has 238 valence electrons. The number of hydrogen-bond donors (Lipinski definition) is 2. The lowest BCUT2D eigenvalue weighted by Crippen LogP contribution is -2.17. The fourth-order valence-electron chi connectivity index (χ4n) is 4.33. The van der Waals surface area contributed by atoms with E-state index >= 15 is 0 Å². The van der Waals surface area contributed by atoms with E-state index in [1.807, 2.05) is 0 Å². The van der Waals surface area contributed by atoms with Gasteiger partial charge in [0.05, 0.1) is 25.6 Å². The molecule has 0 saturated carbocycles. The maximum absolute atomic E-state index is 12.3. The predicted octanol–water partition coefficient (Wildman–Crippen LogP) is 6.22. The van der Waals surface area contributed by atoms with E-state index in [4.69, 9.17) is 19.7 Å². The van der Waals surface area contributed by atoms with Gasteiger partial charge >= 0.3 is 7.60 Å². The van der Waals surface area contributed by atoms with Gasteiger partial charge in [0.15, 0.2) is 11.5 Å². The third kappa shape index (κ3) is 13.0. The van der Waals surface area contributed by atoms with E-state index in [-0.39, 0.29) is 12.7 Å². The molecule has 0 radical (unpaired) electrons. The van der Waals surface area contributed by atoms with E-state index in [9.17, 15) is 9.46 Å². The van der Waals surface area contributed by atoms with Crippen molar-refractivity contribution in [3.05, 3.63) is 42.5 Å². The van der Waals surface area contributed by atoms with Crippen LogP contribution in [0.1, 0.15) is 63.9 Å². The van der Waals surface area contributed by atoms with E-state index in [1.165, 1.54) is 30.5 Å². The number of ether oxygens (including phenoxy) is 2. The summed E-state index contributed by atoms with van der Waals surface area (Å²) >= 11 is 0. The number of hydrogen-bond acceptors (Lipinski definition) is 8. The lowest BCUT2D eigenvalue weighted by atomic mass is 10.1. The molecule has 10 nitrogen and oxygen atoms in total. The van der Waals surface area contributed by atoms with Gasteiger partial charge < -0.3 is 29.2 Å². The quantitative estimate of drug-likeness (QED) is 0.0897. The first-order valence-corrected chi connectivity index (χ1v) is 19.5. The predicted molar refractivity (Wildman–Crippen MR) is 176 cm³/mol. The molecule has 2 aromatic heterocycles. The van der Waals surface area contributed by atoms with Crippen LogP contribution in [0.5, 0.6) is 0 Å². The summed E-state index contributed by atoms with van der Waals surface area (Å²) in [5.74, 6) is 6.89. The van der Waals surface area contributed by atoms with Crippen molar-refractivity contribution in [2.45, 2.75) is 75.8 Å². The SMILES string of the molecule is C[C@H](Cn1cnc2c(N)ncnc21)OCP(=O)(O)OCCCOCCCCCCCCC#Cc1ccc(S(C)(C)C)cc1. The van der Waals surface area contributed by atoms with Crippen molar-refractivity contribution in [3.8, 4) is 11.8 Å². The second-order valence-corrected chi connectivity index (χ2v) is 17.3. The van der Waals surface area contributed by atoms with E-state index in [0.717, 1.165) is 31.2 Å². The van der Waals surface area contributed by atoms with E-state index in [2.05, 4.69) is 69.8 Å². The summed E-state index contributed by atoms with van der Waals surface area (Å²) in [4.78, 5) is 23.8. The zero-order valence-corrected chi connectivity index (χ0v) is 27.7. The van der Waals surface area contributed by atoms with Crippen molar-refractivity contribution in [1.29, 1.82) is 0 Å². The van der Waals surface area contributed by atoms with Gasteiger partial charge in [0.2, 0.25) is 0 Å². The topological polar surface area (TPSA) is 135 Å². The van der Waals surface area contributed by atoms with Gasteiger partial charge in [-0.1, -0.05) is 37.5 Å². The van der Waals surface area contributed by atoms with Crippen LogP contribution in [0.15, 0.2) is 41.8 Å². The Morgan fingerprint density at radius 3 is 2.42 bits per heavy atom. The molecule has 0 aliphatic heterocycles. The molecule has 2 heterocycles. The minimum Gasteiger partial charge on any atom is -0.382 e. The number of fused-ring (bicyclic) bond motifs is 1. The number of unbranched alkanes of at least 4 members (excludes halogenated alkanes) is 6. The van der Waals surface area contributed by atoms with Crippen LogP contribution in [0.4, 0.5) is 5.82 Å². The number of nitrogens with two attached hydrogens (primary N) is 1. The summed E-state index contributed by atoms with van der Waals surface area (Å²) in [5.41, 5.74) is 8.01. The smallest absolute Gasteiger partial charge is 0.353 e. The van der Waals surface area contributed by atoms with Crippen LogP contribution in [0, 0.1) is 11.8 Å². The van der Waals surface area contributed by atoms with Crippen LogP contribution in [0.2, 0.25) is 0 Å². The zero-order chi connectivity index (χ0) is 31.1. The minimum atomic E-state index is -3.86. The Balaban J connectivity index is 1.13. The lowest BCUT2D eigenvalue weighted by Gasteiger charge is -2.25. The highest BCUT2D eigenvalue weighted by molar-refractivity contribution is 8.32. The Bertz CT molecular complexity index is 1370. The summed E-state index contributed by atoms with van der Waals surface area (Å²) in [6.45, 7) is 3.52. The molecule has 0 bridgehead atoms. The normalized spacial score (nSPS) is 14.3. The number of imidazole rings is 1. The van der Waals surface area contributed by atoms with Gasteiger partial charge in [-0.3, -0.25) is 4.57 Å². The standard InChI is InChI=1S/C31H48N5O5PS/c1-26(22-36-24-35-29-30(32)33-23-34-31(29)36)40-25-42(37,38)41-21-13-20-39-19-12-10-8-6-5-7-9-11-14-27-15-17-28(18-16-27)43(2,3)4/h15-18,23-24,26H,5-10,12-13,19-22,25H2,1-4H3,(H,37,38)(H2,32,33,34)/t26-/m1/s1. The Kier molecular flexibility index (Phi) is 14.5. The first-order chi connectivity index (χ1) is 20.5. The van der Waals surface area contributed by atoms with Crippen LogP contribution in [-0.4, -0.2) is 75.5 Å². The van der Waals surface area contributed by atoms with Crippen LogP contribution < -0.4 is 5.73 Å². The molecule has 3 aromatic rings. The van der Waals surface area contributed by atoms with Gasteiger partial charge in [-0.05, 0) is 74.1 Å². The number of nitrogens with zero attached hydrogens (tertiary/aromatic N) is 4. The monoisotopic (exact) mass is 633 g/mol. The van der Waals surface area contributed by atoms with Crippen LogP contribution in [0.3, 0.4) is 0 Å². The average Bonchev–Trinajstić information content (AvgIpc) is 3.37. The third-order valence-electron chi connectivity index (χ3n) is 6.77. The highest BCUT2D eigenvalue weighted by Gasteiger charge is 2.21. The molecular weight excluding hydrogens is 585 g/mol. The van der Waals surface area contributed by atoms with Gasteiger partial charge in [-0.25, -0.2) is 25.0 Å². The summed E-state index contributed by atoms with van der Waals surface area (Å²) in [6, 6.07) is 8.70. The van der Waals surface area contributed by atoms with Gasteiger partial charge in [0.25, 0.3) is 0 Å². The Labute approximate surface area is 258 Å². The molecule has 0 saturated heterocycles. The summed E-state index contributed by atoms with van der Waals surface area (Å²) in [7, 11) is -4.53. The fraction of sp³-hybridized carbons (Fsp3) is 0.581. The Morgan fingerprint density at radius 1 is 0.977 bits per heavy atom. The van der Waals surface area contributed by atoms with Gasteiger partial charge in [0.1, 0.15) is 18.2 Å². The Morgan fingerprint density at radius 2 is 1.67 bits per heavy atom. The minimum absolute atomic E-state index is 0.139. The molecular formula is C31H48N5O5PS. The number of benzene rings is 1. The summed E-state index contributed by atoms with van der Waals surface area (Å²) in [5, 5.41) is 0. The van der Waals surface area contributed by atoms with Crippen molar-refractivity contribution in [2.75, 3.05) is 50.7 Å². The zero-order valence-electron chi connectivity index (χ0n) is 26.0. The number of rotatable bonds is 19. The molecule has 12 heteroatoms. The molecule has 2 atom stereocenters. The maximum atomic E-state index is 12.3. The van der Waals surface area contributed by atoms with Crippen molar-refractivity contribution in [3.63, 3.8) is 0 Å². The number of anilines is 1. The highest BCUT2D eigenvalue weighted by atomic mass is 32.3. The largest absolute Gasteiger partial charge is 0.382 e. The molecule has 3 N–H and O–H groups in total. The van der Waals surface area contributed by atoms with Crippen LogP contribution in [0.25, 0.3) is 11.2 Å². The fourth-order valence-corrected chi connectivity index (χ4v) is 6.21. The van der Waals surface area contributed by atoms with Crippen molar-refractivity contribution in [2.24, 2.45) is 0 Å². The van der Waals surface area contributed by atoms with Crippen molar-refractivity contribution in [1.82, 2.24) is 19.5 Å². The molecule has 1 aromatic carbocycles. The molecule has 0 spiro atoms. The lowest BCUT2D eigenvalue weighted by molar-refractivity contribution is 0.0688. The first-order valence-electron chi connectivity index (χ1n) is 14.9. The van der Waals surface area contributed by atoms with Crippen LogP contribution >= 0.6 is 17.6 Å². The molecule has 1 unspecified atom stereocenters. The first kappa shape index (κ1) is 35.0. The number of aromatic nitrogens is 4. The van der Waals surface area contributed by atoms with Gasteiger partial charge in [0, 0.05) is 25.2 Å². The summed E-state index contributed by atoms with van der Waals surface area (Å²) < 4.78 is 30.5. The van der Waals surface area contributed by atoms with Crippen molar-refractivity contribution >= 4 is 34.6 Å². The van der Waals surface area contributed by atoms with E-state index in [1.54, 1.807) is 17.8 Å². The van der Waals surface area contributed by atoms with Crippen LogP contribution in [-0.2, 0) is 25.1 Å². The third-order valence-corrected chi connectivity index (χ3v) is 9.51. The van der Waals surface area contributed by atoms with E-state index < -0.39 is 24.0 Å². The molecule has 0 aliphatic carbocycles.